The molecule has 0 unspecified atom stereocenters. The maximum atomic E-state index is 8.00. The molecule has 0 aliphatic heterocycles. The summed E-state index contributed by atoms with van der Waals surface area (Å²) in [6.45, 7) is 7.01. The van der Waals surface area contributed by atoms with Crippen LogP contribution in [0.3, 0.4) is 0 Å². The van der Waals surface area contributed by atoms with E-state index in [4.69, 9.17) is 9.53 Å². The lowest BCUT2D eigenvalue weighted by Gasteiger charge is -2.10. The fourth-order valence-electron chi connectivity index (χ4n) is 1.70. The smallest absolute Gasteiger partial charge is 0.120 e. The molecule has 0 saturated heterocycles. The summed E-state index contributed by atoms with van der Waals surface area (Å²) in [4.78, 5) is 8.00. The molecule has 0 radical (unpaired) electrons. The number of carbonyl (C=O) groups excluding carboxylic acids is 1. The Morgan fingerprint density at radius 3 is 2.32 bits per heavy atom. The minimum atomic E-state index is 0.537. The van der Waals surface area contributed by atoms with Crippen molar-refractivity contribution in [3.63, 3.8) is 0 Å². The zero-order valence-corrected chi connectivity index (χ0v) is 11.5. The molecule has 0 N–H and O–H groups in total. The molecule has 0 heterocycles. The molecule has 0 aliphatic rings. The molecule has 0 amide bonds. The minimum absolute atomic E-state index is 0.537. The number of rotatable bonds is 4. The zero-order chi connectivity index (χ0) is 14.1. The molecule has 0 aliphatic carbocycles. The Labute approximate surface area is 115 Å². The van der Waals surface area contributed by atoms with Crippen LogP contribution in [0.2, 0.25) is 0 Å². The van der Waals surface area contributed by atoms with Gasteiger partial charge in [0.25, 0.3) is 0 Å². The van der Waals surface area contributed by atoms with Gasteiger partial charge >= 0.3 is 0 Å². The molecule has 2 rings (SSSR count). The molecule has 2 heteroatoms. The maximum Gasteiger partial charge on any atom is 0.120 e. The molecule has 0 fully saturated rings. The third-order valence-electron chi connectivity index (χ3n) is 2.77. The van der Waals surface area contributed by atoms with Gasteiger partial charge in [-0.2, -0.15) is 0 Å². The molecule has 19 heavy (non-hydrogen) atoms. The first-order chi connectivity index (χ1) is 9.25. The van der Waals surface area contributed by atoms with Crippen LogP contribution in [0.1, 0.15) is 30.9 Å². The van der Waals surface area contributed by atoms with E-state index in [1.807, 2.05) is 31.1 Å². The largest absolute Gasteiger partial charge is 0.489 e. The van der Waals surface area contributed by atoms with E-state index in [9.17, 15) is 0 Å². The second-order valence-electron chi connectivity index (χ2n) is 4.50. The number of hydrogen-bond acceptors (Lipinski definition) is 2. The van der Waals surface area contributed by atoms with E-state index in [1.165, 1.54) is 11.1 Å². The first-order valence-electron chi connectivity index (χ1n) is 6.31. The molecule has 0 spiro atoms. The van der Waals surface area contributed by atoms with Crippen molar-refractivity contribution in [3.05, 3.63) is 65.7 Å². The van der Waals surface area contributed by atoms with Crippen LogP contribution in [0.25, 0.3) is 0 Å². The fourth-order valence-corrected chi connectivity index (χ4v) is 1.70. The summed E-state index contributed by atoms with van der Waals surface area (Å²) in [6.07, 6.45) is 0. The molecule has 0 bridgehead atoms. The van der Waals surface area contributed by atoms with Crippen molar-refractivity contribution in [2.75, 3.05) is 0 Å². The van der Waals surface area contributed by atoms with Gasteiger partial charge in [0, 0.05) is 0 Å². The summed E-state index contributed by atoms with van der Waals surface area (Å²) in [5, 5.41) is 0. The first kappa shape index (κ1) is 15.0. The second-order valence-corrected chi connectivity index (χ2v) is 4.50. The quantitative estimate of drug-likeness (QED) is 0.819. The van der Waals surface area contributed by atoms with Crippen LogP contribution in [0.15, 0.2) is 54.6 Å². The Hall–Kier alpha value is -2.09. The number of ether oxygens (including phenoxy) is 1. The van der Waals surface area contributed by atoms with Crippen LogP contribution in [-0.2, 0) is 11.4 Å². The Bertz CT molecular complexity index is 478. The predicted molar refractivity (Wildman–Crippen MR) is 78.4 cm³/mol. The van der Waals surface area contributed by atoms with Gasteiger partial charge in [0.05, 0.1) is 0 Å². The van der Waals surface area contributed by atoms with Crippen LogP contribution in [0.4, 0.5) is 0 Å². The second kappa shape index (κ2) is 8.09. The lowest BCUT2D eigenvalue weighted by molar-refractivity contribution is -0.0979. The first-order valence-corrected chi connectivity index (χ1v) is 6.31. The molecule has 0 aromatic heterocycles. The van der Waals surface area contributed by atoms with Crippen LogP contribution < -0.4 is 4.74 Å². The van der Waals surface area contributed by atoms with Crippen molar-refractivity contribution in [2.24, 2.45) is 0 Å². The highest BCUT2D eigenvalue weighted by atomic mass is 16.5. The lowest BCUT2D eigenvalue weighted by Crippen LogP contribution is -1.96. The van der Waals surface area contributed by atoms with Gasteiger partial charge in [-0.3, -0.25) is 0 Å². The fraction of sp³-hybridized carbons (Fsp3) is 0.235. The van der Waals surface area contributed by atoms with Gasteiger partial charge in [0.15, 0.2) is 0 Å². The summed E-state index contributed by atoms with van der Waals surface area (Å²) in [5.41, 5.74) is 2.51. The summed E-state index contributed by atoms with van der Waals surface area (Å²) >= 11 is 0. The SMILES string of the molecule is C=O.CC(C)c1cccc(OCc2ccccc2)c1. The summed E-state index contributed by atoms with van der Waals surface area (Å²) in [5.74, 6) is 1.48. The van der Waals surface area contributed by atoms with Gasteiger partial charge in [-0.25, -0.2) is 0 Å². The number of hydrogen-bond donors (Lipinski definition) is 0. The van der Waals surface area contributed by atoms with E-state index in [0.717, 1.165) is 5.75 Å². The number of carbonyl (C=O) groups is 1. The Morgan fingerprint density at radius 1 is 1.00 bits per heavy atom. The standard InChI is InChI=1S/C16H18O.CH2O/c1-13(2)15-9-6-10-16(11-15)17-12-14-7-4-3-5-8-14;1-2/h3-11,13H,12H2,1-2H3;1H2. The highest BCUT2D eigenvalue weighted by molar-refractivity contribution is 5.30. The summed E-state index contributed by atoms with van der Waals surface area (Å²) < 4.78 is 5.78. The van der Waals surface area contributed by atoms with Crippen molar-refractivity contribution in [1.82, 2.24) is 0 Å². The highest BCUT2D eigenvalue weighted by Gasteiger charge is 2.01. The molecular formula is C17H20O2. The van der Waals surface area contributed by atoms with Crippen molar-refractivity contribution in [1.29, 1.82) is 0 Å². The lowest BCUT2D eigenvalue weighted by atomic mass is 10.0. The normalized spacial score (nSPS) is 9.63. The van der Waals surface area contributed by atoms with Crippen molar-refractivity contribution in [3.8, 4) is 5.75 Å². The van der Waals surface area contributed by atoms with Crippen molar-refractivity contribution >= 4 is 6.79 Å². The molecule has 0 atom stereocenters. The Morgan fingerprint density at radius 2 is 1.68 bits per heavy atom. The third kappa shape index (κ3) is 4.96. The van der Waals surface area contributed by atoms with E-state index in [0.29, 0.717) is 12.5 Å². The maximum absolute atomic E-state index is 8.00. The average molecular weight is 256 g/mol. The Kier molecular flexibility index (Phi) is 6.37. The van der Waals surface area contributed by atoms with E-state index in [-0.39, 0.29) is 0 Å². The molecule has 0 saturated carbocycles. The van der Waals surface area contributed by atoms with E-state index >= 15 is 0 Å². The molecule has 2 nitrogen and oxygen atoms in total. The average Bonchev–Trinajstić information content (AvgIpc) is 2.48. The molecule has 2 aromatic rings. The van der Waals surface area contributed by atoms with E-state index in [2.05, 4.69) is 44.2 Å². The topological polar surface area (TPSA) is 26.3 Å². The zero-order valence-electron chi connectivity index (χ0n) is 11.5. The van der Waals surface area contributed by atoms with Crippen molar-refractivity contribution < 1.29 is 9.53 Å². The van der Waals surface area contributed by atoms with Crippen LogP contribution in [0, 0.1) is 0 Å². The highest BCUT2D eigenvalue weighted by Crippen LogP contribution is 2.20. The third-order valence-corrected chi connectivity index (χ3v) is 2.77. The molecule has 100 valence electrons. The van der Waals surface area contributed by atoms with Gasteiger partial charge in [0.1, 0.15) is 19.1 Å². The summed E-state index contributed by atoms with van der Waals surface area (Å²) in [7, 11) is 0. The van der Waals surface area contributed by atoms with E-state index in [1.54, 1.807) is 0 Å². The van der Waals surface area contributed by atoms with Gasteiger partial charge in [-0.1, -0.05) is 56.3 Å². The van der Waals surface area contributed by atoms with Gasteiger partial charge < -0.3 is 9.53 Å². The predicted octanol–water partition coefficient (Wildman–Crippen LogP) is 4.20. The summed E-state index contributed by atoms with van der Waals surface area (Å²) in [6, 6.07) is 18.5. The molecule has 2 aromatic carbocycles. The number of benzene rings is 2. The van der Waals surface area contributed by atoms with Gasteiger partial charge in [-0.05, 0) is 29.2 Å². The van der Waals surface area contributed by atoms with E-state index < -0.39 is 0 Å². The van der Waals surface area contributed by atoms with Gasteiger partial charge in [0.2, 0.25) is 0 Å². The van der Waals surface area contributed by atoms with Crippen LogP contribution in [-0.4, -0.2) is 6.79 Å². The minimum Gasteiger partial charge on any atom is -0.489 e. The van der Waals surface area contributed by atoms with Gasteiger partial charge in [-0.15, -0.1) is 0 Å². The van der Waals surface area contributed by atoms with Crippen LogP contribution in [0.5, 0.6) is 5.75 Å². The van der Waals surface area contributed by atoms with Crippen LogP contribution >= 0.6 is 0 Å². The Balaban J connectivity index is 0.000000861. The molecular weight excluding hydrogens is 236 g/mol. The van der Waals surface area contributed by atoms with Crippen molar-refractivity contribution in [2.45, 2.75) is 26.4 Å². The monoisotopic (exact) mass is 256 g/mol.